The molecular formula is C33H41N9O3. The molecule has 0 spiro atoms. The molecular weight excluding hydrogens is 570 g/mol. The minimum atomic E-state index is -0.106. The van der Waals surface area contributed by atoms with E-state index in [1.54, 1.807) is 33.8 Å². The lowest BCUT2D eigenvalue weighted by Crippen LogP contribution is -2.54. The van der Waals surface area contributed by atoms with Crippen molar-refractivity contribution in [2.45, 2.75) is 51.1 Å². The number of nitrogens with zero attached hydrogens (tertiary/aromatic N) is 6. The molecule has 45 heavy (non-hydrogen) atoms. The molecule has 12 heteroatoms. The largest absolute Gasteiger partial charge is 0.395 e. The Bertz CT molecular complexity index is 1650. The van der Waals surface area contributed by atoms with Gasteiger partial charge in [-0.15, -0.1) is 0 Å². The molecule has 2 atom stereocenters. The van der Waals surface area contributed by atoms with Crippen LogP contribution in [0, 0.1) is 0 Å². The smallest absolute Gasteiger partial charge is 0.253 e. The second-order valence-electron chi connectivity index (χ2n) is 12.8. The van der Waals surface area contributed by atoms with Gasteiger partial charge in [0.25, 0.3) is 11.8 Å². The van der Waals surface area contributed by atoms with E-state index in [1.807, 2.05) is 36.4 Å². The van der Waals surface area contributed by atoms with Gasteiger partial charge in [-0.05, 0) is 60.2 Å². The van der Waals surface area contributed by atoms with Gasteiger partial charge >= 0.3 is 0 Å². The van der Waals surface area contributed by atoms with E-state index in [-0.39, 0.29) is 35.9 Å². The summed E-state index contributed by atoms with van der Waals surface area (Å²) in [5.41, 5.74) is 3.22. The first-order chi connectivity index (χ1) is 21.7. The minimum absolute atomic E-state index is 0.00473. The molecule has 236 valence electrons. The normalized spacial score (nSPS) is 19.0. The van der Waals surface area contributed by atoms with E-state index >= 15 is 0 Å². The summed E-state index contributed by atoms with van der Waals surface area (Å²) in [6.45, 7) is 9.55. The van der Waals surface area contributed by atoms with Crippen molar-refractivity contribution in [1.82, 2.24) is 34.9 Å². The maximum absolute atomic E-state index is 13.1. The average Bonchev–Trinajstić information content (AvgIpc) is 3.54. The van der Waals surface area contributed by atoms with Crippen LogP contribution in [0.4, 0.5) is 17.6 Å². The Hall–Kier alpha value is -4.55. The maximum Gasteiger partial charge on any atom is 0.253 e. The topological polar surface area (TPSA) is 140 Å². The van der Waals surface area contributed by atoms with Gasteiger partial charge in [0.2, 0.25) is 17.7 Å². The highest BCUT2D eigenvalue weighted by atomic mass is 16.3. The number of benzene rings is 2. The molecule has 2 aliphatic rings. The number of aliphatic hydroxyl groups is 1. The van der Waals surface area contributed by atoms with E-state index in [1.165, 1.54) is 5.56 Å². The van der Waals surface area contributed by atoms with E-state index in [0.29, 0.717) is 55.0 Å². The number of carbonyl (C=O) groups is 2. The van der Waals surface area contributed by atoms with Crippen molar-refractivity contribution in [3.63, 3.8) is 0 Å². The van der Waals surface area contributed by atoms with E-state index in [2.05, 4.69) is 46.6 Å². The Kier molecular flexibility index (Phi) is 8.68. The van der Waals surface area contributed by atoms with Crippen LogP contribution in [-0.2, 0) is 5.41 Å². The Balaban J connectivity index is 1.14. The first-order valence-corrected chi connectivity index (χ1v) is 15.6. The third-order valence-corrected chi connectivity index (χ3v) is 8.46. The molecule has 4 heterocycles. The highest BCUT2D eigenvalue weighted by Gasteiger charge is 2.26. The molecule has 2 amide bonds. The van der Waals surface area contributed by atoms with Crippen LogP contribution in [-0.4, -0.2) is 92.6 Å². The van der Waals surface area contributed by atoms with Crippen LogP contribution in [0.25, 0.3) is 5.78 Å². The number of aliphatic hydroxyl groups excluding tert-OH is 1. The zero-order valence-electron chi connectivity index (χ0n) is 26.0. The number of piperazine rings is 1. The summed E-state index contributed by atoms with van der Waals surface area (Å²) in [6, 6.07) is 15.0. The number of anilines is 3. The van der Waals surface area contributed by atoms with Crippen LogP contribution in [0.3, 0.4) is 0 Å². The average molecular weight is 612 g/mol. The van der Waals surface area contributed by atoms with Gasteiger partial charge in [-0.2, -0.15) is 9.97 Å². The molecule has 0 radical (unpaired) electrons. The summed E-state index contributed by atoms with van der Waals surface area (Å²) in [5.74, 6) is 1.45. The first kappa shape index (κ1) is 30.5. The molecule has 12 nitrogen and oxygen atoms in total. The van der Waals surface area contributed by atoms with Crippen LogP contribution in [0.5, 0.6) is 0 Å². The van der Waals surface area contributed by atoms with Crippen LogP contribution in [0.2, 0.25) is 0 Å². The van der Waals surface area contributed by atoms with Crippen molar-refractivity contribution in [3.8, 4) is 0 Å². The molecule has 0 bridgehead atoms. The van der Waals surface area contributed by atoms with Crippen LogP contribution < -0.4 is 20.9 Å². The maximum atomic E-state index is 13.1. The van der Waals surface area contributed by atoms with Gasteiger partial charge in [-0.3, -0.25) is 14.0 Å². The van der Waals surface area contributed by atoms with Crippen molar-refractivity contribution < 1.29 is 14.7 Å². The fourth-order valence-corrected chi connectivity index (χ4v) is 5.84. The van der Waals surface area contributed by atoms with Crippen LogP contribution in [0.15, 0.2) is 60.9 Å². The molecule has 2 aromatic heterocycles. The van der Waals surface area contributed by atoms with E-state index in [0.717, 1.165) is 25.1 Å². The fraction of sp³-hybridized carbons (Fsp3) is 0.424. The molecule has 0 saturated carbocycles. The fourth-order valence-electron chi connectivity index (χ4n) is 5.84. The highest BCUT2D eigenvalue weighted by molar-refractivity contribution is 5.95. The second-order valence-corrected chi connectivity index (χ2v) is 12.8. The number of rotatable bonds is 7. The summed E-state index contributed by atoms with van der Waals surface area (Å²) in [6.07, 6.45) is 5.24. The first-order valence-electron chi connectivity index (χ1n) is 15.6. The Morgan fingerprint density at radius 3 is 2.49 bits per heavy atom. The van der Waals surface area contributed by atoms with E-state index in [9.17, 15) is 14.7 Å². The number of aromatic nitrogens is 4. The van der Waals surface area contributed by atoms with Crippen LogP contribution in [0.1, 0.15) is 59.9 Å². The molecule has 2 unspecified atom stereocenters. The number of hydrogen-bond donors (Lipinski definition) is 4. The van der Waals surface area contributed by atoms with Crippen molar-refractivity contribution in [2.75, 3.05) is 49.5 Å². The van der Waals surface area contributed by atoms with Crippen LogP contribution >= 0.6 is 0 Å². The SMILES string of the molecule is CC(C)(C)c1ccc(C(=O)NC2CCCN(c3nc(Nc4ccc(C(=O)N5CCNC(CO)C5)cc4)n4ccnc4n3)C2)cc1. The Morgan fingerprint density at radius 2 is 1.76 bits per heavy atom. The third-order valence-electron chi connectivity index (χ3n) is 8.46. The summed E-state index contributed by atoms with van der Waals surface area (Å²) in [5, 5.41) is 19.2. The molecule has 4 N–H and O–H groups in total. The summed E-state index contributed by atoms with van der Waals surface area (Å²) >= 11 is 0. The Labute approximate surface area is 262 Å². The van der Waals surface area contributed by atoms with Gasteiger partial charge in [-0.1, -0.05) is 32.9 Å². The minimum Gasteiger partial charge on any atom is -0.395 e. The lowest BCUT2D eigenvalue weighted by Gasteiger charge is -2.33. The van der Waals surface area contributed by atoms with E-state index < -0.39 is 0 Å². The number of piperidine rings is 1. The summed E-state index contributed by atoms with van der Waals surface area (Å²) in [4.78, 5) is 44.0. The van der Waals surface area contributed by atoms with E-state index in [4.69, 9.17) is 9.97 Å². The van der Waals surface area contributed by atoms with Gasteiger partial charge in [0, 0.05) is 74.0 Å². The lowest BCUT2D eigenvalue weighted by atomic mass is 9.86. The molecule has 4 aromatic rings. The number of imidazole rings is 1. The van der Waals surface area contributed by atoms with Crippen molar-refractivity contribution in [1.29, 1.82) is 0 Å². The number of fused-ring (bicyclic) bond motifs is 1. The van der Waals surface area contributed by atoms with Gasteiger partial charge in [0.1, 0.15) is 0 Å². The molecule has 2 aliphatic heterocycles. The number of hydrogen-bond acceptors (Lipinski definition) is 9. The lowest BCUT2D eigenvalue weighted by molar-refractivity contribution is 0.0671. The molecule has 2 saturated heterocycles. The highest BCUT2D eigenvalue weighted by Crippen LogP contribution is 2.24. The monoisotopic (exact) mass is 611 g/mol. The summed E-state index contributed by atoms with van der Waals surface area (Å²) in [7, 11) is 0. The van der Waals surface area contributed by atoms with Gasteiger partial charge in [0.15, 0.2) is 0 Å². The van der Waals surface area contributed by atoms with Crippen molar-refractivity contribution >= 4 is 35.2 Å². The molecule has 2 fully saturated rings. The van der Waals surface area contributed by atoms with Gasteiger partial charge in [0.05, 0.1) is 6.61 Å². The number of nitrogens with one attached hydrogen (secondary N) is 3. The number of amides is 2. The predicted octanol–water partition coefficient (Wildman–Crippen LogP) is 2.97. The molecule has 0 aliphatic carbocycles. The zero-order chi connectivity index (χ0) is 31.6. The molecule has 2 aromatic carbocycles. The van der Waals surface area contributed by atoms with Crippen molar-refractivity contribution in [2.24, 2.45) is 0 Å². The Morgan fingerprint density at radius 1 is 1.00 bits per heavy atom. The standard InChI is InChI=1S/C33H41N9O3/c1-33(2,3)24-10-6-22(7-11-24)28(44)36-26-5-4-16-41(19-26)31-38-30-35-15-18-42(30)32(39-31)37-25-12-8-23(9-13-25)29(45)40-17-14-34-27(20-40)21-43/h6-13,15,18,26-27,34,43H,4-5,14,16-17,19-21H2,1-3H3,(H,36,44)(H,35,37,38,39). The predicted molar refractivity (Wildman–Crippen MR) is 173 cm³/mol. The second kappa shape index (κ2) is 12.8. The van der Waals surface area contributed by atoms with Crippen molar-refractivity contribution in [3.05, 3.63) is 77.6 Å². The number of carbonyl (C=O) groups excluding carboxylic acids is 2. The quantitative estimate of drug-likeness (QED) is 0.248. The third kappa shape index (κ3) is 6.91. The molecule has 6 rings (SSSR count). The zero-order valence-corrected chi connectivity index (χ0v) is 26.0. The summed E-state index contributed by atoms with van der Waals surface area (Å²) < 4.78 is 1.78. The van der Waals surface area contributed by atoms with Gasteiger partial charge < -0.3 is 30.9 Å². The van der Waals surface area contributed by atoms with Gasteiger partial charge in [-0.25, -0.2) is 4.98 Å².